The van der Waals surface area contributed by atoms with E-state index in [-0.39, 0.29) is 5.91 Å². The molecule has 3 aromatic carbocycles. The van der Waals surface area contributed by atoms with Crippen molar-refractivity contribution >= 4 is 33.9 Å². The highest BCUT2D eigenvalue weighted by Gasteiger charge is 2.05. The van der Waals surface area contributed by atoms with Crippen LogP contribution in [0.3, 0.4) is 0 Å². The Morgan fingerprint density at radius 2 is 1.61 bits per heavy atom. The van der Waals surface area contributed by atoms with Gasteiger partial charge < -0.3 is 20.9 Å². The van der Waals surface area contributed by atoms with Gasteiger partial charge in [0.15, 0.2) is 0 Å². The molecule has 0 saturated heterocycles. The zero-order chi connectivity index (χ0) is 24.6. The lowest BCUT2D eigenvalue weighted by atomic mass is 10.1. The molecule has 6 nitrogen and oxygen atoms in total. The van der Waals surface area contributed by atoms with E-state index in [1.165, 1.54) is 16.5 Å². The minimum absolute atomic E-state index is 0.0193. The molecule has 2 heterocycles. The van der Waals surface area contributed by atoms with Gasteiger partial charge in [-0.05, 0) is 60.0 Å². The largest absolute Gasteiger partial charge is 0.385 e. The van der Waals surface area contributed by atoms with Crippen molar-refractivity contribution in [1.82, 2.24) is 15.3 Å². The van der Waals surface area contributed by atoms with Crippen molar-refractivity contribution in [3.63, 3.8) is 0 Å². The highest BCUT2D eigenvalue weighted by Crippen LogP contribution is 2.21. The van der Waals surface area contributed by atoms with Gasteiger partial charge in [0.1, 0.15) is 0 Å². The molecule has 6 heteroatoms. The number of pyridine rings is 1. The monoisotopic (exact) mass is 475 g/mol. The number of rotatable bonds is 10. The van der Waals surface area contributed by atoms with E-state index in [0.717, 1.165) is 41.3 Å². The second-order valence-corrected chi connectivity index (χ2v) is 8.71. The molecule has 0 aliphatic carbocycles. The molecule has 36 heavy (non-hydrogen) atoms. The zero-order valence-corrected chi connectivity index (χ0v) is 20.0. The van der Waals surface area contributed by atoms with Crippen molar-refractivity contribution < 1.29 is 4.79 Å². The number of carbonyl (C=O) groups excluding carboxylic acids is 1. The second kappa shape index (κ2) is 11.2. The molecule has 180 valence electrons. The van der Waals surface area contributed by atoms with E-state index in [2.05, 4.69) is 74.6 Å². The first-order valence-electron chi connectivity index (χ1n) is 12.1. The third kappa shape index (κ3) is 6.10. The van der Waals surface area contributed by atoms with Crippen molar-refractivity contribution in [1.29, 1.82) is 0 Å². The van der Waals surface area contributed by atoms with Crippen LogP contribution in [-0.4, -0.2) is 22.4 Å². The molecule has 0 spiro atoms. The summed E-state index contributed by atoms with van der Waals surface area (Å²) < 4.78 is 0. The highest BCUT2D eigenvalue weighted by atomic mass is 16.1. The number of fused-ring (bicyclic) bond motifs is 1. The van der Waals surface area contributed by atoms with Gasteiger partial charge in [0.2, 0.25) is 5.91 Å². The fourth-order valence-electron chi connectivity index (χ4n) is 4.20. The van der Waals surface area contributed by atoms with Crippen LogP contribution in [0.5, 0.6) is 0 Å². The summed E-state index contributed by atoms with van der Waals surface area (Å²) in [7, 11) is 0. The van der Waals surface area contributed by atoms with Crippen LogP contribution in [0.1, 0.15) is 16.8 Å². The van der Waals surface area contributed by atoms with E-state index in [4.69, 9.17) is 0 Å². The summed E-state index contributed by atoms with van der Waals surface area (Å²) in [4.78, 5) is 19.9. The number of carbonyl (C=O) groups is 1. The van der Waals surface area contributed by atoms with Gasteiger partial charge >= 0.3 is 0 Å². The van der Waals surface area contributed by atoms with Crippen LogP contribution in [-0.2, 0) is 24.2 Å². The van der Waals surface area contributed by atoms with Crippen molar-refractivity contribution in [2.75, 3.05) is 17.2 Å². The number of nitrogens with zero attached hydrogens (tertiary/aromatic N) is 1. The van der Waals surface area contributed by atoms with E-state index < -0.39 is 0 Å². The average molecular weight is 476 g/mol. The van der Waals surface area contributed by atoms with E-state index in [0.29, 0.717) is 13.0 Å². The van der Waals surface area contributed by atoms with Crippen molar-refractivity contribution in [3.05, 3.63) is 120 Å². The number of para-hydroxylation sites is 1. The maximum absolute atomic E-state index is 12.2. The molecule has 0 atom stereocenters. The van der Waals surface area contributed by atoms with Gasteiger partial charge in [0.05, 0.1) is 18.7 Å². The van der Waals surface area contributed by atoms with Crippen LogP contribution in [0.2, 0.25) is 0 Å². The molecule has 0 fully saturated rings. The quantitative estimate of drug-likeness (QED) is 0.205. The molecule has 0 aliphatic heterocycles. The molecule has 0 saturated carbocycles. The molecule has 4 N–H and O–H groups in total. The molecule has 0 aliphatic rings. The van der Waals surface area contributed by atoms with Gasteiger partial charge in [-0.25, -0.2) is 0 Å². The van der Waals surface area contributed by atoms with Crippen molar-refractivity contribution in [2.24, 2.45) is 0 Å². The average Bonchev–Trinajstić information content (AvgIpc) is 3.32. The number of benzene rings is 3. The van der Waals surface area contributed by atoms with Gasteiger partial charge in [0.25, 0.3) is 0 Å². The number of amides is 1. The topological polar surface area (TPSA) is 81.8 Å². The number of aromatic nitrogens is 2. The van der Waals surface area contributed by atoms with Crippen molar-refractivity contribution in [2.45, 2.75) is 19.4 Å². The summed E-state index contributed by atoms with van der Waals surface area (Å²) >= 11 is 0. The molecular formula is C30H29N5O. The Bertz CT molecular complexity index is 1430. The predicted octanol–water partition coefficient (Wildman–Crippen LogP) is 5.82. The van der Waals surface area contributed by atoms with Gasteiger partial charge in [0, 0.05) is 46.9 Å². The third-order valence-corrected chi connectivity index (χ3v) is 6.06. The molecule has 5 aromatic rings. The van der Waals surface area contributed by atoms with Gasteiger partial charge in [-0.3, -0.25) is 9.78 Å². The maximum atomic E-state index is 12.2. The van der Waals surface area contributed by atoms with Crippen LogP contribution < -0.4 is 16.0 Å². The number of hydrogen-bond donors (Lipinski definition) is 4. The predicted molar refractivity (Wildman–Crippen MR) is 146 cm³/mol. The number of H-pyrrole nitrogens is 1. The Morgan fingerprint density at radius 3 is 2.47 bits per heavy atom. The first kappa shape index (κ1) is 23.2. The lowest BCUT2D eigenvalue weighted by molar-refractivity contribution is -0.120. The first-order valence-corrected chi connectivity index (χ1v) is 12.1. The lowest BCUT2D eigenvalue weighted by Crippen LogP contribution is -2.25. The molecule has 0 bridgehead atoms. The summed E-state index contributed by atoms with van der Waals surface area (Å²) in [6.07, 6.45) is 5.16. The minimum Gasteiger partial charge on any atom is -0.385 e. The molecular weight excluding hydrogens is 446 g/mol. The Labute approximate surface area is 210 Å². The van der Waals surface area contributed by atoms with Gasteiger partial charge in [-0.2, -0.15) is 0 Å². The van der Waals surface area contributed by atoms with Crippen LogP contribution in [0.15, 0.2) is 103 Å². The molecule has 0 radical (unpaired) electrons. The Hall–Kier alpha value is -4.58. The molecule has 1 amide bonds. The molecule has 2 aromatic heterocycles. The number of anilines is 3. The zero-order valence-electron chi connectivity index (χ0n) is 20.0. The Morgan fingerprint density at radius 1 is 0.833 bits per heavy atom. The Kier molecular flexibility index (Phi) is 7.23. The van der Waals surface area contributed by atoms with Crippen LogP contribution in [0.25, 0.3) is 10.9 Å². The standard InChI is InChI=1S/C30H29N5O/c36-30(18-22-6-2-1-3-7-22)34-21-27-19-26(15-17-32-27)35-25-12-10-24(11-13-25)31-16-14-23-20-33-29-9-5-4-8-28(23)29/h1-13,15,17,19-20,31,33H,14,16,18,21H2,(H,32,35)(H,34,36). The van der Waals surface area contributed by atoms with Gasteiger partial charge in [-0.15, -0.1) is 0 Å². The van der Waals surface area contributed by atoms with Crippen LogP contribution in [0, 0.1) is 0 Å². The highest BCUT2D eigenvalue weighted by molar-refractivity contribution is 5.83. The number of hydrogen-bond acceptors (Lipinski definition) is 4. The summed E-state index contributed by atoms with van der Waals surface area (Å²) in [5.74, 6) is -0.0193. The number of aromatic amines is 1. The first-order chi connectivity index (χ1) is 17.7. The SMILES string of the molecule is O=C(Cc1ccccc1)NCc1cc(Nc2ccc(NCCc3c[nH]c4ccccc34)cc2)ccn1. The van der Waals surface area contributed by atoms with Crippen LogP contribution >= 0.6 is 0 Å². The Balaban J connectivity index is 1.10. The number of nitrogens with one attached hydrogen (secondary N) is 4. The fraction of sp³-hybridized carbons (Fsp3) is 0.133. The van der Waals surface area contributed by atoms with E-state index in [9.17, 15) is 4.79 Å². The van der Waals surface area contributed by atoms with E-state index >= 15 is 0 Å². The lowest BCUT2D eigenvalue weighted by Gasteiger charge is -2.11. The second-order valence-electron chi connectivity index (χ2n) is 8.71. The summed E-state index contributed by atoms with van der Waals surface area (Å²) in [5.41, 5.74) is 7.29. The third-order valence-electron chi connectivity index (χ3n) is 6.06. The summed E-state index contributed by atoms with van der Waals surface area (Å²) in [5, 5.41) is 11.1. The fourth-order valence-corrected chi connectivity index (χ4v) is 4.20. The van der Waals surface area contributed by atoms with E-state index in [1.54, 1.807) is 6.20 Å². The van der Waals surface area contributed by atoms with Gasteiger partial charge in [-0.1, -0.05) is 48.5 Å². The van der Waals surface area contributed by atoms with Crippen LogP contribution in [0.4, 0.5) is 17.1 Å². The van der Waals surface area contributed by atoms with Crippen molar-refractivity contribution in [3.8, 4) is 0 Å². The van der Waals surface area contributed by atoms with E-state index in [1.807, 2.05) is 48.5 Å². The summed E-state index contributed by atoms with van der Waals surface area (Å²) in [6.45, 7) is 1.25. The minimum atomic E-state index is -0.0193. The maximum Gasteiger partial charge on any atom is 0.224 e. The molecule has 5 rings (SSSR count). The molecule has 0 unspecified atom stereocenters. The smallest absolute Gasteiger partial charge is 0.224 e. The normalized spacial score (nSPS) is 10.8. The summed E-state index contributed by atoms with van der Waals surface area (Å²) in [6, 6.07) is 30.2.